The minimum absolute atomic E-state index is 0.173. The summed E-state index contributed by atoms with van der Waals surface area (Å²) in [6.45, 7) is 3.74. The Morgan fingerprint density at radius 1 is 1.04 bits per heavy atom. The van der Waals surface area contributed by atoms with Crippen LogP contribution in [0.1, 0.15) is 18.1 Å². The number of amides is 1. The first-order valence-electron chi connectivity index (χ1n) is 7.59. The molecule has 0 aliphatic heterocycles. The molecule has 0 aromatic heterocycles. The molecule has 1 unspecified atom stereocenters. The van der Waals surface area contributed by atoms with Crippen LogP contribution in [0.3, 0.4) is 0 Å². The molecule has 0 radical (unpaired) electrons. The second kappa shape index (κ2) is 7.92. The molecule has 1 amide bonds. The number of ether oxygens (including phenoxy) is 2. The molecule has 0 aliphatic rings. The minimum Gasteiger partial charge on any atom is -0.481 e. The van der Waals surface area contributed by atoms with Crippen LogP contribution in [0.5, 0.6) is 11.5 Å². The number of aryl methyl sites for hydroxylation is 1. The maximum Gasteiger partial charge on any atom is 0.573 e. The highest BCUT2D eigenvalue weighted by molar-refractivity contribution is 5.80. The minimum atomic E-state index is -4.72. The molecule has 1 atom stereocenters. The van der Waals surface area contributed by atoms with Crippen LogP contribution in [0.15, 0.2) is 48.5 Å². The maximum atomic E-state index is 12.1. The number of hydrogen-bond donors (Lipinski definition) is 1. The zero-order valence-electron chi connectivity index (χ0n) is 13.8. The molecule has 0 heterocycles. The summed E-state index contributed by atoms with van der Waals surface area (Å²) in [6.07, 6.45) is -5.42. The molecule has 4 nitrogen and oxygen atoms in total. The molecule has 0 fully saturated rings. The van der Waals surface area contributed by atoms with Crippen LogP contribution in [-0.2, 0) is 11.3 Å². The number of nitrogens with one attached hydrogen (secondary N) is 1. The summed E-state index contributed by atoms with van der Waals surface area (Å²) < 4.78 is 45.6. The van der Waals surface area contributed by atoms with Gasteiger partial charge in [0.25, 0.3) is 5.91 Å². The Balaban J connectivity index is 1.83. The van der Waals surface area contributed by atoms with Gasteiger partial charge in [0.05, 0.1) is 0 Å². The molecule has 2 aromatic carbocycles. The molecule has 25 heavy (non-hydrogen) atoms. The van der Waals surface area contributed by atoms with Crippen molar-refractivity contribution in [3.05, 3.63) is 59.7 Å². The first-order valence-corrected chi connectivity index (χ1v) is 7.59. The first-order chi connectivity index (χ1) is 11.7. The molecular weight excluding hydrogens is 335 g/mol. The Morgan fingerprint density at radius 3 is 2.16 bits per heavy atom. The van der Waals surface area contributed by atoms with E-state index in [1.165, 1.54) is 24.3 Å². The summed E-state index contributed by atoms with van der Waals surface area (Å²) in [6, 6.07) is 12.6. The molecule has 2 aromatic rings. The van der Waals surface area contributed by atoms with E-state index in [0.717, 1.165) is 5.56 Å². The van der Waals surface area contributed by atoms with Crippen LogP contribution >= 0.6 is 0 Å². The number of carbonyl (C=O) groups is 1. The largest absolute Gasteiger partial charge is 0.573 e. The van der Waals surface area contributed by atoms with Crippen LogP contribution in [0.4, 0.5) is 13.2 Å². The highest BCUT2D eigenvalue weighted by Crippen LogP contribution is 2.22. The van der Waals surface area contributed by atoms with Crippen molar-refractivity contribution in [2.45, 2.75) is 32.9 Å². The third-order valence-electron chi connectivity index (χ3n) is 3.33. The second-order valence-electron chi connectivity index (χ2n) is 5.48. The normalized spacial score (nSPS) is 12.4. The lowest BCUT2D eigenvalue weighted by molar-refractivity contribution is -0.274. The van der Waals surface area contributed by atoms with Gasteiger partial charge in [-0.05, 0) is 43.7 Å². The molecule has 1 N–H and O–H groups in total. The Kier molecular flexibility index (Phi) is 5.90. The third-order valence-corrected chi connectivity index (χ3v) is 3.33. The van der Waals surface area contributed by atoms with Crippen LogP contribution in [0.2, 0.25) is 0 Å². The van der Waals surface area contributed by atoms with E-state index in [4.69, 9.17) is 4.74 Å². The average molecular weight is 353 g/mol. The summed E-state index contributed by atoms with van der Waals surface area (Å²) in [7, 11) is 0. The lowest BCUT2D eigenvalue weighted by atomic mass is 10.2. The maximum absolute atomic E-state index is 12.1. The van der Waals surface area contributed by atoms with Crippen LogP contribution in [-0.4, -0.2) is 18.4 Å². The molecule has 0 spiro atoms. The summed E-state index contributed by atoms with van der Waals surface area (Å²) in [5, 5.41) is 2.67. The van der Waals surface area contributed by atoms with E-state index in [0.29, 0.717) is 11.3 Å². The summed E-state index contributed by atoms with van der Waals surface area (Å²) >= 11 is 0. The van der Waals surface area contributed by atoms with E-state index in [-0.39, 0.29) is 18.2 Å². The molecule has 0 aliphatic carbocycles. The number of halogens is 3. The monoisotopic (exact) mass is 353 g/mol. The zero-order chi connectivity index (χ0) is 18.4. The van der Waals surface area contributed by atoms with Crippen molar-refractivity contribution in [3.63, 3.8) is 0 Å². The smallest absolute Gasteiger partial charge is 0.481 e. The first kappa shape index (κ1) is 18.6. The molecule has 134 valence electrons. The van der Waals surface area contributed by atoms with Crippen LogP contribution in [0, 0.1) is 6.92 Å². The van der Waals surface area contributed by atoms with Crippen molar-refractivity contribution in [2.24, 2.45) is 0 Å². The van der Waals surface area contributed by atoms with Gasteiger partial charge < -0.3 is 14.8 Å². The molecule has 0 saturated carbocycles. The fourth-order valence-corrected chi connectivity index (χ4v) is 2.02. The van der Waals surface area contributed by atoms with Gasteiger partial charge in [0.15, 0.2) is 6.10 Å². The van der Waals surface area contributed by atoms with Crippen molar-refractivity contribution in [3.8, 4) is 11.5 Å². The topological polar surface area (TPSA) is 47.6 Å². The fraction of sp³-hybridized carbons (Fsp3) is 0.278. The summed E-state index contributed by atoms with van der Waals surface area (Å²) in [5.41, 5.74) is 1.73. The van der Waals surface area contributed by atoms with E-state index in [9.17, 15) is 18.0 Å². The summed E-state index contributed by atoms with van der Waals surface area (Å²) in [4.78, 5) is 12.0. The Morgan fingerprint density at radius 2 is 1.60 bits per heavy atom. The quantitative estimate of drug-likeness (QED) is 0.855. The lowest BCUT2D eigenvalue weighted by Crippen LogP contribution is -2.35. The second-order valence-corrected chi connectivity index (χ2v) is 5.48. The number of hydrogen-bond acceptors (Lipinski definition) is 3. The van der Waals surface area contributed by atoms with E-state index < -0.39 is 12.5 Å². The summed E-state index contributed by atoms with van der Waals surface area (Å²) in [5.74, 6) is -0.0447. The molecule has 0 bridgehead atoms. The predicted molar refractivity (Wildman–Crippen MR) is 86.2 cm³/mol. The standard InChI is InChI=1S/C18H18F3NO3/c1-12-3-7-15(8-4-12)24-13(2)17(23)22-11-14-5-9-16(10-6-14)25-18(19,20)21/h3-10,13H,11H2,1-2H3,(H,22,23). The number of rotatable bonds is 6. The van der Waals surface area contributed by atoms with E-state index >= 15 is 0 Å². The Hall–Kier alpha value is -2.70. The number of alkyl halides is 3. The SMILES string of the molecule is Cc1ccc(OC(C)C(=O)NCc2ccc(OC(F)(F)F)cc2)cc1. The van der Waals surface area contributed by atoms with Crippen molar-refractivity contribution in [1.82, 2.24) is 5.32 Å². The van der Waals surface area contributed by atoms with Crippen molar-refractivity contribution in [1.29, 1.82) is 0 Å². The molecule has 2 rings (SSSR count). The Labute approximate surface area is 143 Å². The van der Waals surface area contributed by atoms with Crippen molar-refractivity contribution in [2.75, 3.05) is 0 Å². The van der Waals surface area contributed by atoms with Gasteiger partial charge in [0.1, 0.15) is 11.5 Å². The number of carbonyl (C=O) groups excluding carboxylic acids is 1. The van der Waals surface area contributed by atoms with Crippen LogP contribution in [0.25, 0.3) is 0 Å². The van der Waals surface area contributed by atoms with Gasteiger partial charge in [-0.25, -0.2) is 0 Å². The molecule has 7 heteroatoms. The third kappa shape index (κ3) is 6.37. The van der Waals surface area contributed by atoms with Gasteiger partial charge in [-0.3, -0.25) is 4.79 Å². The highest BCUT2D eigenvalue weighted by Gasteiger charge is 2.30. The Bertz CT molecular complexity index is 697. The van der Waals surface area contributed by atoms with Crippen LogP contribution < -0.4 is 14.8 Å². The average Bonchev–Trinajstić information content (AvgIpc) is 2.54. The molecular formula is C18H18F3NO3. The van der Waals surface area contributed by atoms with E-state index in [1.807, 2.05) is 19.1 Å². The van der Waals surface area contributed by atoms with Gasteiger partial charge in [-0.15, -0.1) is 13.2 Å². The van der Waals surface area contributed by atoms with Crippen molar-refractivity contribution >= 4 is 5.91 Å². The number of benzene rings is 2. The molecule has 0 saturated heterocycles. The lowest BCUT2D eigenvalue weighted by Gasteiger charge is -2.15. The van der Waals surface area contributed by atoms with Gasteiger partial charge in [-0.1, -0.05) is 29.8 Å². The fourth-order valence-electron chi connectivity index (χ4n) is 2.02. The predicted octanol–water partition coefficient (Wildman–Crippen LogP) is 3.98. The van der Waals surface area contributed by atoms with E-state index in [2.05, 4.69) is 10.1 Å². The van der Waals surface area contributed by atoms with E-state index in [1.54, 1.807) is 19.1 Å². The van der Waals surface area contributed by atoms with Gasteiger partial charge >= 0.3 is 6.36 Å². The highest BCUT2D eigenvalue weighted by atomic mass is 19.4. The van der Waals surface area contributed by atoms with Gasteiger partial charge in [0.2, 0.25) is 0 Å². The van der Waals surface area contributed by atoms with Gasteiger partial charge in [-0.2, -0.15) is 0 Å². The zero-order valence-corrected chi connectivity index (χ0v) is 13.8. The van der Waals surface area contributed by atoms with Crippen molar-refractivity contribution < 1.29 is 27.4 Å². The van der Waals surface area contributed by atoms with Gasteiger partial charge in [0, 0.05) is 6.54 Å².